The fourth-order valence-electron chi connectivity index (χ4n) is 4.28. The molecule has 7 heteroatoms. The Bertz CT molecular complexity index is 1140. The Morgan fingerprint density at radius 2 is 1.90 bits per heavy atom. The average molecular weight is 429 g/mol. The van der Waals surface area contributed by atoms with Crippen molar-refractivity contribution in [3.8, 4) is 22.8 Å². The predicted octanol–water partition coefficient (Wildman–Crippen LogP) is 3.88. The fourth-order valence-corrected chi connectivity index (χ4v) is 4.51. The highest BCUT2D eigenvalue weighted by Gasteiger charge is 2.32. The Hall–Kier alpha value is -2.54. The van der Waals surface area contributed by atoms with E-state index < -0.39 is 0 Å². The SMILES string of the molecule is COc1cc(OC)c2c(=O)cc(-c3ccccc3Cl)oc2c1[C@H]1CCN(C)C[C@@H]1N. The second-order valence-electron chi connectivity index (χ2n) is 7.67. The van der Waals surface area contributed by atoms with Crippen LogP contribution in [0.3, 0.4) is 0 Å². The monoisotopic (exact) mass is 428 g/mol. The zero-order valence-corrected chi connectivity index (χ0v) is 18.0. The zero-order chi connectivity index (χ0) is 21.4. The maximum absolute atomic E-state index is 13.2. The van der Waals surface area contributed by atoms with E-state index >= 15 is 0 Å². The second-order valence-corrected chi connectivity index (χ2v) is 8.08. The van der Waals surface area contributed by atoms with Crippen LogP contribution in [0.5, 0.6) is 11.5 Å². The van der Waals surface area contributed by atoms with Crippen molar-refractivity contribution in [3.63, 3.8) is 0 Å². The molecule has 1 aliphatic heterocycles. The Morgan fingerprint density at radius 1 is 1.17 bits per heavy atom. The number of nitrogens with zero attached hydrogens (tertiary/aromatic N) is 1. The molecule has 1 fully saturated rings. The summed E-state index contributed by atoms with van der Waals surface area (Å²) in [6.45, 7) is 1.64. The molecular formula is C23H25ClN2O4. The van der Waals surface area contributed by atoms with Crippen LogP contribution >= 0.6 is 11.6 Å². The van der Waals surface area contributed by atoms with E-state index in [1.165, 1.54) is 13.2 Å². The molecular weight excluding hydrogens is 404 g/mol. The first-order valence-electron chi connectivity index (χ1n) is 9.86. The molecule has 4 rings (SSSR count). The van der Waals surface area contributed by atoms with Crippen LogP contribution in [-0.2, 0) is 0 Å². The van der Waals surface area contributed by atoms with Gasteiger partial charge in [-0.2, -0.15) is 0 Å². The van der Waals surface area contributed by atoms with Crippen LogP contribution in [-0.4, -0.2) is 45.3 Å². The Kier molecular flexibility index (Phi) is 5.73. The van der Waals surface area contributed by atoms with Crippen LogP contribution in [0.15, 0.2) is 45.6 Å². The summed E-state index contributed by atoms with van der Waals surface area (Å²) in [5, 5.41) is 0.891. The van der Waals surface area contributed by atoms with Gasteiger partial charge in [0.1, 0.15) is 28.2 Å². The van der Waals surface area contributed by atoms with E-state index in [0.29, 0.717) is 38.8 Å². The van der Waals surface area contributed by atoms with Gasteiger partial charge in [-0.15, -0.1) is 0 Å². The van der Waals surface area contributed by atoms with Crippen molar-refractivity contribution in [1.29, 1.82) is 0 Å². The number of piperidine rings is 1. The van der Waals surface area contributed by atoms with Gasteiger partial charge in [-0.3, -0.25) is 4.79 Å². The maximum Gasteiger partial charge on any atom is 0.197 e. The molecule has 2 aromatic carbocycles. The minimum absolute atomic E-state index is 0.0193. The minimum atomic E-state index is -0.201. The van der Waals surface area contributed by atoms with Crippen molar-refractivity contribution in [2.45, 2.75) is 18.4 Å². The van der Waals surface area contributed by atoms with Gasteiger partial charge in [0.2, 0.25) is 0 Å². The molecule has 1 aliphatic rings. The lowest BCUT2D eigenvalue weighted by Gasteiger charge is -2.35. The highest BCUT2D eigenvalue weighted by Crippen LogP contribution is 2.43. The number of rotatable bonds is 4. The van der Waals surface area contributed by atoms with Gasteiger partial charge in [0.05, 0.1) is 19.2 Å². The molecule has 2 heterocycles. The molecule has 0 bridgehead atoms. The first-order chi connectivity index (χ1) is 14.4. The van der Waals surface area contributed by atoms with Crippen molar-refractivity contribution in [1.82, 2.24) is 4.90 Å². The topological polar surface area (TPSA) is 77.9 Å². The first-order valence-corrected chi connectivity index (χ1v) is 10.2. The highest BCUT2D eigenvalue weighted by atomic mass is 35.5. The van der Waals surface area contributed by atoms with Gasteiger partial charge in [-0.05, 0) is 32.1 Å². The van der Waals surface area contributed by atoms with Gasteiger partial charge in [0.15, 0.2) is 5.43 Å². The fraction of sp³-hybridized carbons (Fsp3) is 0.348. The predicted molar refractivity (Wildman–Crippen MR) is 119 cm³/mol. The van der Waals surface area contributed by atoms with Crippen molar-refractivity contribution < 1.29 is 13.9 Å². The minimum Gasteiger partial charge on any atom is -0.496 e. The van der Waals surface area contributed by atoms with E-state index in [4.69, 9.17) is 31.2 Å². The summed E-state index contributed by atoms with van der Waals surface area (Å²) in [5.74, 6) is 1.39. The quantitative estimate of drug-likeness (QED) is 0.679. The summed E-state index contributed by atoms with van der Waals surface area (Å²) in [4.78, 5) is 15.4. The van der Waals surface area contributed by atoms with Crippen LogP contribution in [0, 0.1) is 0 Å². The second kappa shape index (κ2) is 8.30. The first kappa shape index (κ1) is 20.7. The third-order valence-electron chi connectivity index (χ3n) is 5.78. The number of halogens is 1. The summed E-state index contributed by atoms with van der Waals surface area (Å²) in [6, 6.07) is 10.4. The molecule has 0 amide bonds. The number of likely N-dealkylation sites (N-methyl/N-ethyl adjacent to an activating group) is 1. The third-order valence-corrected chi connectivity index (χ3v) is 6.11. The number of hydrogen-bond donors (Lipinski definition) is 1. The Morgan fingerprint density at radius 3 is 2.57 bits per heavy atom. The zero-order valence-electron chi connectivity index (χ0n) is 17.3. The van der Waals surface area contributed by atoms with E-state index in [1.54, 1.807) is 19.2 Å². The smallest absolute Gasteiger partial charge is 0.197 e. The molecule has 2 atom stereocenters. The number of fused-ring (bicyclic) bond motifs is 1. The number of ether oxygens (including phenoxy) is 2. The van der Waals surface area contributed by atoms with E-state index in [0.717, 1.165) is 25.1 Å². The number of likely N-dealkylation sites (tertiary alicyclic amines) is 1. The van der Waals surface area contributed by atoms with Gasteiger partial charge in [0, 0.05) is 41.8 Å². The lowest BCUT2D eigenvalue weighted by atomic mass is 9.84. The standard InChI is InChI=1S/C23H25ClN2O4/c1-26-9-8-14(16(25)12-26)21-19(28-2)11-20(29-3)22-17(27)10-18(30-23(21)22)13-6-4-5-7-15(13)24/h4-7,10-11,14,16H,8-9,12,25H2,1-3H3/t14-,16-/m0/s1. The molecule has 1 saturated heterocycles. The highest BCUT2D eigenvalue weighted by molar-refractivity contribution is 6.33. The Balaban J connectivity index is 2.04. The average Bonchev–Trinajstić information content (AvgIpc) is 2.73. The van der Waals surface area contributed by atoms with E-state index in [1.807, 2.05) is 18.2 Å². The van der Waals surface area contributed by atoms with Gasteiger partial charge in [-0.25, -0.2) is 0 Å². The lowest BCUT2D eigenvalue weighted by Crippen LogP contribution is -2.45. The number of benzene rings is 2. The summed E-state index contributed by atoms with van der Waals surface area (Å²) in [7, 11) is 5.17. The van der Waals surface area contributed by atoms with Crippen LogP contribution in [0.25, 0.3) is 22.3 Å². The number of nitrogens with two attached hydrogens (primary N) is 1. The third kappa shape index (κ3) is 3.55. The van der Waals surface area contributed by atoms with Gasteiger partial charge in [-0.1, -0.05) is 23.7 Å². The molecule has 0 unspecified atom stereocenters. The van der Waals surface area contributed by atoms with E-state index in [2.05, 4.69) is 11.9 Å². The molecule has 0 saturated carbocycles. The Labute approximate surface area is 180 Å². The molecule has 0 radical (unpaired) electrons. The molecule has 3 aromatic rings. The summed E-state index contributed by atoms with van der Waals surface area (Å²) in [6.07, 6.45) is 0.829. The normalized spacial score (nSPS) is 19.8. The van der Waals surface area contributed by atoms with Crippen molar-refractivity contribution in [2.24, 2.45) is 5.73 Å². The summed E-state index contributed by atoms with van der Waals surface area (Å²) >= 11 is 6.37. The van der Waals surface area contributed by atoms with Gasteiger partial charge in [0.25, 0.3) is 0 Å². The molecule has 158 valence electrons. The molecule has 0 spiro atoms. The molecule has 1 aromatic heterocycles. The summed E-state index contributed by atoms with van der Waals surface area (Å²) in [5.41, 5.74) is 8.23. The molecule has 30 heavy (non-hydrogen) atoms. The van der Waals surface area contributed by atoms with Crippen LogP contribution in [0.2, 0.25) is 5.02 Å². The van der Waals surface area contributed by atoms with Crippen molar-refractivity contribution >= 4 is 22.6 Å². The van der Waals surface area contributed by atoms with E-state index in [-0.39, 0.29) is 17.4 Å². The van der Waals surface area contributed by atoms with Crippen LogP contribution < -0.4 is 20.6 Å². The van der Waals surface area contributed by atoms with Crippen LogP contribution in [0.4, 0.5) is 0 Å². The number of hydrogen-bond acceptors (Lipinski definition) is 6. The van der Waals surface area contributed by atoms with Gasteiger partial charge < -0.3 is 24.5 Å². The largest absolute Gasteiger partial charge is 0.496 e. The number of methoxy groups -OCH3 is 2. The van der Waals surface area contributed by atoms with Crippen LogP contribution in [0.1, 0.15) is 17.9 Å². The lowest BCUT2D eigenvalue weighted by molar-refractivity contribution is 0.226. The van der Waals surface area contributed by atoms with Crippen molar-refractivity contribution in [3.05, 3.63) is 57.2 Å². The molecule has 0 aliphatic carbocycles. The van der Waals surface area contributed by atoms with Crippen molar-refractivity contribution in [2.75, 3.05) is 34.4 Å². The molecule has 6 nitrogen and oxygen atoms in total. The molecule has 2 N–H and O–H groups in total. The van der Waals surface area contributed by atoms with E-state index in [9.17, 15) is 4.79 Å². The summed E-state index contributed by atoms with van der Waals surface area (Å²) < 4.78 is 17.5. The maximum atomic E-state index is 13.2. The van der Waals surface area contributed by atoms with Gasteiger partial charge >= 0.3 is 0 Å².